The summed E-state index contributed by atoms with van der Waals surface area (Å²) in [7, 11) is 0. The molecule has 0 atom stereocenters. The monoisotopic (exact) mass is 186 g/mol. The summed E-state index contributed by atoms with van der Waals surface area (Å²) in [6.07, 6.45) is -0.505. The second-order valence-corrected chi connectivity index (χ2v) is 2.54. The second-order valence-electron chi connectivity index (χ2n) is 2.54. The van der Waals surface area contributed by atoms with Crippen LogP contribution in [-0.2, 0) is 14.4 Å². The van der Waals surface area contributed by atoms with Gasteiger partial charge in [0, 0.05) is 13.1 Å². The molecule has 0 fully saturated rings. The van der Waals surface area contributed by atoms with Crippen molar-refractivity contribution in [1.29, 1.82) is 0 Å². The predicted molar refractivity (Wildman–Crippen MR) is 46.7 cm³/mol. The van der Waals surface area contributed by atoms with Gasteiger partial charge < -0.3 is 10.6 Å². The number of nitrogens with two attached hydrogens (primary N) is 1. The number of hydrogen-bond donors (Lipinski definition) is 1. The largest absolute Gasteiger partial charge is 0.369 e. The third kappa shape index (κ3) is 3.68. The first-order valence-electron chi connectivity index (χ1n) is 4.13. The van der Waals surface area contributed by atoms with Gasteiger partial charge in [0.05, 0.1) is 6.42 Å². The van der Waals surface area contributed by atoms with Crippen molar-refractivity contribution in [3.8, 4) is 0 Å². The Hall–Kier alpha value is -1.39. The molecule has 0 aliphatic carbocycles. The number of ketones is 1. The summed E-state index contributed by atoms with van der Waals surface area (Å²) in [4.78, 5) is 33.9. The lowest BCUT2D eigenvalue weighted by Crippen LogP contribution is -2.37. The first kappa shape index (κ1) is 11.6. The minimum atomic E-state index is -0.773. The highest BCUT2D eigenvalue weighted by molar-refractivity contribution is 6.39. The van der Waals surface area contributed by atoms with Crippen LogP contribution < -0.4 is 5.73 Å². The summed E-state index contributed by atoms with van der Waals surface area (Å²) in [5.74, 6) is -2.15. The molecular formula is C8H14N2O3. The van der Waals surface area contributed by atoms with Crippen molar-refractivity contribution in [1.82, 2.24) is 4.90 Å². The van der Waals surface area contributed by atoms with Crippen molar-refractivity contribution in [2.45, 2.75) is 20.3 Å². The van der Waals surface area contributed by atoms with Gasteiger partial charge in [0.1, 0.15) is 0 Å². The molecule has 0 saturated carbocycles. The maximum absolute atomic E-state index is 11.2. The van der Waals surface area contributed by atoms with Crippen molar-refractivity contribution in [2.75, 3.05) is 13.1 Å². The average Bonchev–Trinajstić information content (AvgIpc) is 2.05. The zero-order chi connectivity index (χ0) is 10.4. The molecule has 0 saturated heterocycles. The number of amides is 2. The Kier molecular flexibility index (Phi) is 4.72. The highest BCUT2D eigenvalue weighted by Crippen LogP contribution is 1.93. The lowest BCUT2D eigenvalue weighted by molar-refractivity contribution is -0.145. The Labute approximate surface area is 76.9 Å². The molecule has 0 radical (unpaired) electrons. The van der Waals surface area contributed by atoms with E-state index in [2.05, 4.69) is 0 Å². The molecule has 0 aromatic carbocycles. The summed E-state index contributed by atoms with van der Waals surface area (Å²) in [5.41, 5.74) is 4.78. The molecule has 0 spiro atoms. The van der Waals surface area contributed by atoms with E-state index >= 15 is 0 Å². The van der Waals surface area contributed by atoms with Crippen molar-refractivity contribution in [3.05, 3.63) is 0 Å². The van der Waals surface area contributed by atoms with Crippen LogP contribution in [-0.4, -0.2) is 35.6 Å². The Morgan fingerprint density at radius 2 is 1.62 bits per heavy atom. The van der Waals surface area contributed by atoms with E-state index in [0.29, 0.717) is 13.1 Å². The van der Waals surface area contributed by atoms with E-state index in [1.807, 2.05) is 0 Å². The van der Waals surface area contributed by atoms with Crippen molar-refractivity contribution in [2.24, 2.45) is 5.73 Å². The van der Waals surface area contributed by atoms with Crippen molar-refractivity contribution in [3.63, 3.8) is 0 Å². The molecule has 2 N–H and O–H groups in total. The second kappa shape index (κ2) is 5.29. The number of Topliss-reactive ketones (excluding diaryl/α,β-unsaturated/α-hetero) is 1. The van der Waals surface area contributed by atoms with Gasteiger partial charge in [-0.1, -0.05) is 0 Å². The fraction of sp³-hybridized carbons (Fsp3) is 0.625. The Balaban J connectivity index is 4.24. The van der Waals surface area contributed by atoms with Gasteiger partial charge in [-0.25, -0.2) is 0 Å². The number of likely N-dealkylation sites (N-methyl/N-ethyl adjacent to an activating group) is 1. The van der Waals surface area contributed by atoms with E-state index in [1.54, 1.807) is 13.8 Å². The quantitative estimate of drug-likeness (QED) is 0.455. The van der Waals surface area contributed by atoms with Gasteiger partial charge in [0.25, 0.3) is 5.91 Å². The highest BCUT2D eigenvalue weighted by Gasteiger charge is 2.20. The van der Waals surface area contributed by atoms with E-state index in [9.17, 15) is 14.4 Å². The molecule has 0 unspecified atom stereocenters. The average molecular weight is 186 g/mol. The van der Waals surface area contributed by atoms with Crippen LogP contribution in [0.4, 0.5) is 0 Å². The number of primary amides is 1. The molecule has 0 aromatic heterocycles. The molecule has 74 valence electrons. The third-order valence-corrected chi connectivity index (χ3v) is 1.62. The van der Waals surface area contributed by atoms with Crippen molar-refractivity contribution < 1.29 is 14.4 Å². The molecule has 13 heavy (non-hydrogen) atoms. The molecule has 0 rings (SSSR count). The fourth-order valence-corrected chi connectivity index (χ4v) is 0.921. The number of carbonyl (C=O) groups is 3. The minimum Gasteiger partial charge on any atom is -0.369 e. The summed E-state index contributed by atoms with van der Waals surface area (Å²) in [6.45, 7) is 4.44. The molecule has 0 bridgehead atoms. The summed E-state index contributed by atoms with van der Waals surface area (Å²) in [5, 5.41) is 0. The van der Waals surface area contributed by atoms with Crippen LogP contribution in [0.1, 0.15) is 20.3 Å². The van der Waals surface area contributed by atoms with Gasteiger partial charge in [0.2, 0.25) is 11.7 Å². The molecular weight excluding hydrogens is 172 g/mol. The molecule has 5 heteroatoms. The van der Waals surface area contributed by atoms with Gasteiger partial charge in [0.15, 0.2) is 0 Å². The van der Waals surface area contributed by atoms with Crippen LogP contribution in [0.15, 0.2) is 0 Å². The summed E-state index contributed by atoms with van der Waals surface area (Å²) >= 11 is 0. The summed E-state index contributed by atoms with van der Waals surface area (Å²) in [6, 6.07) is 0. The highest BCUT2D eigenvalue weighted by atomic mass is 16.2. The number of nitrogens with zero attached hydrogens (tertiary/aromatic N) is 1. The van der Waals surface area contributed by atoms with Gasteiger partial charge in [-0.2, -0.15) is 0 Å². The normalized spacial score (nSPS) is 9.38. The molecule has 0 heterocycles. The zero-order valence-electron chi connectivity index (χ0n) is 7.87. The fourth-order valence-electron chi connectivity index (χ4n) is 0.921. The van der Waals surface area contributed by atoms with Crippen LogP contribution >= 0.6 is 0 Å². The van der Waals surface area contributed by atoms with Crippen LogP contribution in [0.2, 0.25) is 0 Å². The molecule has 0 aromatic rings. The first-order chi connectivity index (χ1) is 6.02. The van der Waals surface area contributed by atoms with Gasteiger partial charge in [-0.3, -0.25) is 14.4 Å². The number of carbonyl (C=O) groups excluding carboxylic acids is 3. The SMILES string of the molecule is CCN(CC)C(=O)C(=O)CC(N)=O. The summed E-state index contributed by atoms with van der Waals surface area (Å²) < 4.78 is 0. The Bertz CT molecular complexity index is 221. The van der Waals surface area contributed by atoms with Gasteiger partial charge in [-0.15, -0.1) is 0 Å². The van der Waals surface area contributed by atoms with E-state index in [4.69, 9.17) is 5.73 Å². The topological polar surface area (TPSA) is 80.5 Å². The van der Waals surface area contributed by atoms with E-state index in [1.165, 1.54) is 4.90 Å². The Morgan fingerprint density at radius 3 is 1.92 bits per heavy atom. The molecule has 0 aliphatic heterocycles. The molecule has 0 aliphatic rings. The third-order valence-electron chi connectivity index (χ3n) is 1.62. The molecule has 2 amide bonds. The van der Waals surface area contributed by atoms with E-state index in [-0.39, 0.29) is 0 Å². The van der Waals surface area contributed by atoms with Crippen LogP contribution in [0.25, 0.3) is 0 Å². The van der Waals surface area contributed by atoms with Crippen LogP contribution in [0.3, 0.4) is 0 Å². The van der Waals surface area contributed by atoms with E-state index in [0.717, 1.165) is 0 Å². The maximum atomic E-state index is 11.2. The maximum Gasteiger partial charge on any atom is 0.290 e. The predicted octanol–water partition coefficient (Wildman–Crippen LogP) is -0.701. The minimum absolute atomic E-state index is 0.458. The standard InChI is InChI=1S/C8H14N2O3/c1-3-10(4-2)8(13)6(11)5-7(9)12/h3-5H2,1-2H3,(H2,9,12). The lowest BCUT2D eigenvalue weighted by atomic mass is 10.2. The van der Waals surface area contributed by atoms with E-state index < -0.39 is 24.0 Å². The van der Waals surface area contributed by atoms with Crippen LogP contribution in [0.5, 0.6) is 0 Å². The lowest BCUT2D eigenvalue weighted by Gasteiger charge is -2.16. The van der Waals surface area contributed by atoms with Crippen molar-refractivity contribution >= 4 is 17.6 Å². The van der Waals surface area contributed by atoms with Gasteiger partial charge >= 0.3 is 0 Å². The smallest absolute Gasteiger partial charge is 0.290 e. The number of hydrogen-bond acceptors (Lipinski definition) is 3. The van der Waals surface area contributed by atoms with Crippen LogP contribution in [0, 0.1) is 0 Å². The number of rotatable bonds is 5. The Morgan fingerprint density at radius 1 is 1.15 bits per heavy atom. The van der Waals surface area contributed by atoms with Gasteiger partial charge in [-0.05, 0) is 13.8 Å². The zero-order valence-corrected chi connectivity index (χ0v) is 7.87. The molecule has 5 nitrogen and oxygen atoms in total. The first-order valence-corrected chi connectivity index (χ1v) is 4.13.